The molecule has 0 atom stereocenters. The number of nitrogens with zero attached hydrogens (tertiary/aromatic N) is 2. The maximum absolute atomic E-state index is 12.9. The van der Waals surface area contributed by atoms with Crippen LogP contribution in [0.15, 0.2) is 78.9 Å². The molecule has 0 spiro atoms. The number of aryl methyl sites for hydroxylation is 1. The molecule has 0 radical (unpaired) electrons. The lowest BCUT2D eigenvalue weighted by molar-refractivity contribution is 0.0962. The van der Waals surface area contributed by atoms with Gasteiger partial charge in [-0.15, -0.1) is 0 Å². The van der Waals surface area contributed by atoms with Crippen molar-refractivity contribution in [3.63, 3.8) is 0 Å². The SMILES string of the molecule is Cc1nc2ccccc2n1C(=O)c1ccc(-c2ccccc2)cc1. The minimum absolute atomic E-state index is 0.0548. The first-order chi connectivity index (χ1) is 11.7. The van der Waals surface area contributed by atoms with E-state index in [1.54, 1.807) is 4.57 Å². The van der Waals surface area contributed by atoms with Crippen molar-refractivity contribution in [2.24, 2.45) is 0 Å². The van der Waals surface area contributed by atoms with Crippen LogP contribution in [-0.4, -0.2) is 15.5 Å². The van der Waals surface area contributed by atoms with Crippen LogP contribution in [0.3, 0.4) is 0 Å². The van der Waals surface area contributed by atoms with Gasteiger partial charge in [-0.05, 0) is 42.3 Å². The molecule has 3 aromatic carbocycles. The Morgan fingerprint density at radius 3 is 2.17 bits per heavy atom. The summed E-state index contributed by atoms with van der Waals surface area (Å²) in [5, 5.41) is 0. The fourth-order valence-electron chi connectivity index (χ4n) is 2.97. The Morgan fingerprint density at radius 2 is 1.42 bits per heavy atom. The van der Waals surface area contributed by atoms with E-state index in [-0.39, 0.29) is 5.91 Å². The summed E-state index contributed by atoms with van der Waals surface area (Å²) >= 11 is 0. The zero-order chi connectivity index (χ0) is 16.5. The van der Waals surface area contributed by atoms with Gasteiger partial charge in [0.15, 0.2) is 0 Å². The predicted molar refractivity (Wildman–Crippen MR) is 96.1 cm³/mol. The lowest BCUT2D eigenvalue weighted by Crippen LogP contribution is -2.13. The first-order valence-corrected chi connectivity index (χ1v) is 7.88. The van der Waals surface area contributed by atoms with Gasteiger partial charge in [0.2, 0.25) is 0 Å². The van der Waals surface area contributed by atoms with Crippen LogP contribution in [-0.2, 0) is 0 Å². The van der Waals surface area contributed by atoms with Crippen LogP contribution in [0.4, 0.5) is 0 Å². The van der Waals surface area contributed by atoms with Gasteiger partial charge in [0.25, 0.3) is 5.91 Å². The molecule has 0 N–H and O–H groups in total. The molecule has 4 rings (SSSR count). The number of benzene rings is 3. The van der Waals surface area contributed by atoms with Gasteiger partial charge in [0.1, 0.15) is 5.82 Å². The molecule has 0 aliphatic carbocycles. The van der Waals surface area contributed by atoms with Gasteiger partial charge >= 0.3 is 0 Å². The second-order valence-corrected chi connectivity index (χ2v) is 5.73. The van der Waals surface area contributed by atoms with E-state index in [4.69, 9.17) is 0 Å². The van der Waals surface area contributed by atoms with E-state index in [2.05, 4.69) is 17.1 Å². The Morgan fingerprint density at radius 1 is 0.792 bits per heavy atom. The van der Waals surface area contributed by atoms with E-state index in [0.29, 0.717) is 11.4 Å². The quantitative estimate of drug-likeness (QED) is 0.538. The molecule has 0 fully saturated rings. The Hall–Kier alpha value is -3.20. The van der Waals surface area contributed by atoms with E-state index in [9.17, 15) is 4.79 Å². The summed E-state index contributed by atoms with van der Waals surface area (Å²) in [6.07, 6.45) is 0. The minimum Gasteiger partial charge on any atom is -0.268 e. The fourth-order valence-corrected chi connectivity index (χ4v) is 2.97. The van der Waals surface area contributed by atoms with Gasteiger partial charge in [0.05, 0.1) is 11.0 Å². The number of hydrogen-bond donors (Lipinski definition) is 0. The molecule has 0 aliphatic heterocycles. The summed E-state index contributed by atoms with van der Waals surface area (Å²) in [6.45, 7) is 1.86. The van der Waals surface area contributed by atoms with E-state index in [1.165, 1.54) is 0 Å². The summed E-state index contributed by atoms with van der Waals surface area (Å²) in [5.41, 5.74) is 4.57. The van der Waals surface area contributed by atoms with Crippen molar-refractivity contribution in [2.45, 2.75) is 6.92 Å². The third kappa shape index (κ3) is 2.40. The molecule has 0 aliphatic rings. The average Bonchev–Trinajstić information content (AvgIpc) is 2.98. The van der Waals surface area contributed by atoms with Crippen LogP contribution in [0, 0.1) is 6.92 Å². The smallest absolute Gasteiger partial charge is 0.263 e. The van der Waals surface area contributed by atoms with Crippen LogP contribution >= 0.6 is 0 Å². The molecule has 3 heteroatoms. The zero-order valence-electron chi connectivity index (χ0n) is 13.3. The lowest BCUT2D eigenvalue weighted by atomic mass is 10.0. The van der Waals surface area contributed by atoms with Crippen molar-refractivity contribution in [3.8, 4) is 11.1 Å². The summed E-state index contributed by atoms with van der Waals surface area (Å²) < 4.78 is 1.67. The van der Waals surface area contributed by atoms with E-state index in [1.807, 2.05) is 73.7 Å². The molecule has 0 bridgehead atoms. The van der Waals surface area contributed by atoms with Crippen molar-refractivity contribution in [1.82, 2.24) is 9.55 Å². The number of para-hydroxylation sites is 2. The van der Waals surface area contributed by atoms with Gasteiger partial charge < -0.3 is 0 Å². The van der Waals surface area contributed by atoms with E-state index < -0.39 is 0 Å². The molecule has 0 saturated carbocycles. The number of rotatable bonds is 2. The van der Waals surface area contributed by atoms with Gasteiger partial charge in [0, 0.05) is 5.56 Å². The molecule has 0 saturated heterocycles. The topological polar surface area (TPSA) is 34.9 Å². The first-order valence-electron chi connectivity index (χ1n) is 7.88. The highest BCUT2D eigenvalue weighted by molar-refractivity contribution is 6.02. The Labute approximate surface area is 140 Å². The number of carbonyl (C=O) groups is 1. The molecule has 116 valence electrons. The van der Waals surface area contributed by atoms with Gasteiger partial charge in [-0.3, -0.25) is 9.36 Å². The summed E-state index contributed by atoms with van der Waals surface area (Å²) in [4.78, 5) is 17.4. The maximum atomic E-state index is 12.9. The molecular formula is C21H16N2O. The number of fused-ring (bicyclic) bond motifs is 1. The van der Waals surface area contributed by atoms with Crippen molar-refractivity contribution >= 4 is 16.9 Å². The van der Waals surface area contributed by atoms with E-state index >= 15 is 0 Å². The van der Waals surface area contributed by atoms with E-state index in [0.717, 1.165) is 22.2 Å². The van der Waals surface area contributed by atoms with Crippen molar-refractivity contribution in [2.75, 3.05) is 0 Å². The Balaban J connectivity index is 1.73. The second kappa shape index (κ2) is 5.78. The van der Waals surface area contributed by atoms with Gasteiger partial charge in [-0.1, -0.05) is 54.6 Å². The summed E-state index contributed by atoms with van der Waals surface area (Å²) in [5.74, 6) is 0.647. The number of carbonyl (C=O) groups excluding carboxylic acids is 1. The number of imidazole rings is 1. The van der Waals surface area contributed by atoms with Crippen LogP contribution in [0.5, 0.6) is 0 Å². The molecule has 0 unspecified atom stereocenters. The molecular weight excluding hydrogens is 296 g/mol. The molecule has 1 heterocycles. The van der Waals surface area contributed by atoms with Crippen LogP contribution in [0.1, 0.15) is 16.2 Å². The highest BCUT2D eigenvalue weighted by atomic mass is 16.2. The highest BCUT2D eigenvalue weighted by Gasteiger charge is 2.15. The fraction of sp³-hybridized carbons (Fsp3) is 0.0476. The monoisotopic (exact) mass is 312 g/mol. The normalized spacial score (nSPS) is 10.9. The third-order valence-electron chi connectivity index (χ3n) is 4.17. The van der Waals surface area contributed by atoms with Crippen molar-refractivity contribution in [3.05, 3.63) is 90.3 Å². The molecule has 3 nitrogen and oxygen atoms in total. The molecule has 24 heavy (non-hydrogen) atoms. The summed E-state index contributed by atoms with van der Waals surface area (Å²) in [7, 11) is 0. The van der Waals surface area contributed by atoms with Crippen molar-refractivity contribution < 1.29 is 4.79 Å². The standard InChI is InChI=1S/C21H16N2O/c1-15-22-19-9-5-6-10-20(19)23(15)21(24)18-13-11-17(12-14-18)16-7-3-2-4-8-16/h2-14H,1H3. The molecule has 0 amide bonds. The Kier molecular flexibility index (Phi) is 3.47. The van der Waals surface area contributed by atoms with Crippen LogP contribution in [0.25, 0.3) is 22.2 Å². The van der Waals surface area contributed by atoms with Gasteiger partial charge in [-0.25, -0.2) is 4.98 Å². The minimum atomic E-state index is -0.0548. The average molecular weight is 312 g/mol. The molecule has 4 aromatic rings. The van der Waals surface area contributed by atoms with Crippen LogP contribution in [0.2, 0.25) is 0 Å². The third-order valence-corrected chi connectivity index (χ3v) is 4.17. The number of hydrogen-bond acceptors (Lipinski definition) is 2. The second-order valence-electron chi connectivity index (χ2n) is 5.73. The molecule has 1 aromatic heterocycles. The summed E-state index contributed by atoms with van der Waals surface area (Å²) in [6, 6.07) is 25.5. The highest BCUT2D eigenvalue weighted by Crippen LogP contribution is 2.21. The number of aromatic nitrogens is 2. The lowest BCUT2D eigenvalue weighted by Gasteiger charge is -2.07. The zero-order valence-corrected chi connectivity index (χ0v) is 13.3. The largest absolute Gasteiger partial charge is 0.268 e. The Bertz CT molecular complexity index is 1010. The first kappa shape index (κ1) is 14.4. The van der Waals surface area contributed by atoms with Gasteiger partial charge in [-0.2, -0.15) is 0 Å². The predicted octanol–water partition coefficient (Wildman–Crippen LogP) is 4.70. The maximum Gasteiger partial charge on any atom is 0.263 e. The van der Waals surface area contributed by atoms with Crippen LogP contribution < -0.4 is 0 Å². The van der Waals surface area contributed by atoms with Crippen molar-refractivity contribution in [1.29, 1.82) is 0 Å².